The van der Waals surface area contributed by atoms with Crippen LogP contribution in [0.1, 0.15) is 34.2 Å². The molecular formula is C11H12N4OS. The van der Waals surface area contributed by atoms with Crippen LogP contribution in [0.15, 0.2) is 23.7 Å². The molecule has 0 bridgehead atoms. The lowest BCUT2D eigenvalue weighted by Crippen LogP contribution is -2.30. The molecule has 3 rings (SSSR count). The molecule has 88 valence electrons. The lowest BCUT2D eigenvalue weighted by molar-refractivity contribution is 0.0732. The Balaban J connectivity index is 1.85. The van der Waals surface area contributed by atoms with E-state index < -0.39 is 0 Å². The van der Waals surface area contributed by atoms with Crippen molar-refractivity contribution in [3.63, 3.8) is 0 Å². The van der Waals surface area contributed by atoms with Crippen LogP contribution < -0.4 is 0 Å². The van der Waals surface area contributed by atoms with Gasteiger partial charge in [-0.1, -0.05) is 6.07 Å². The Kier molecular flexibility index (Phi) is 2.64. The largest absolute Gasteiger partial charge is 0.329 e. The maximum absolute atomic E-state index is 12.2. The molecule has 1 atom stereocenters. The molecule has 1 fully saturated rings. The van der Waals surface area contributed by atoms with Crippen LogP contribution in [-0.2, 0) is 0 Å². The van der Waals surface area contributed by atoms with Crippen LogP contribution >= 0.6 is 11.3 Å². The van der Waals surface area contributed by atoms with Crippen LogP contribution in [0, 0.1) is 0 Å². The Morgan fingerprint density at radius 1 is 1.59 bits per heavy atom. The Hall–Kier alpha value is -1.69. The summed E-state index contributed by atoms with van der Waals surface area (Å²) in [5, 5.41) is 12.1. The smallest absolute Gasteiger partial charge is 0.276 e. The summed E-state index contributed by atoms with van der Waals surface area (Å²) in [6.45, 7) is 0.800. The summed E-state index contributed by atoms with van der Waals surface area (Å²) in [6, 6.07) is 4.32. The molecule has 0 aromatic carbocycles. The van der Waals surface area contributed by atoms with E-state index in [4.69, 9.17) is 0 Å². The van der Waals surface area contributed by atoms with Crippen molar-refractivity contribution in [2.45, 2.75) is 18.9 Å². The number of nitrogens with one attached hydrogen (secondary N) is 1. The number of rotatable bonds is 2. The van der Waals surface area contributed by atoms with E-state index in [9.17, 15) is 4.79 Å². The third-order valence-electron chi connectivity index (χ3n) is 3.02. The summed E-state index contributed by atoms with van der Waals surface area (Å²) in [4.78, 5) is 15.4. The van der Waals surface area contributed by atoms with E-state index >= 15 is 0 Å². The number of hydrogen-bond acceptors (Lipinski definition) is 4. The SMILES string of the molecule is O=C(c1cn[nH]n1)N1CCCC1c1cccs1. The third-order valence-corrected chi connectivity index (χ3v) is 3.99. The van der Waals surface area contributed by atoms with Crippen molar-refractivity contribution >= 4 is 17.2 Å². The second-order valence-electron chi connectivity index (χ2n) is 4.03. The normalized spacial score (nSPS) is 19.8. The molecule has 1 unspecified atom stereocenters. The molecule has 5 nitrogen and oxygen atoms in total. The van der Waals surface area contributed by atoms with Gasteiger partial charge in [-0.05, 0) is 24.3 Å². The molecule has 0 spiro atoms. The average Bonchev–Trinajstić information content (AvgIpc) is 3.09. The molecule has 1 aliphatic rings. The molecule has 1 amide bonds. The Labute approximate surface area is 102 Å². The first-order chi connectivity index (χ1) is 8.36. The molecule has 6 heteroatoms. The highest BCUT2D eigenvalue weighted by atomic mass is 32.1. The summed E-state index contributed by atoms with van der Waals surface area (Å²) in [6.07, 6.45) is 3.56. The Morgan fingerprint density at radius 3 is 3.24 bits per heavy atom. The molecule has 0 radical (unpaired) electrons. The van der Waals surface area contributed by atoms with Gasteiger partial charge < -0.3 is 4.90 Å². The molecule has 2 aromatic rings. The van der Waals surface area contributed by atoms with Gasteiger partial charge in [0.2, 0.25) is 0 Å². The molecule has 1 saturated heterocycles. The van der Waals surface area contributed by atoms with Gasteiger partial charge in [0, 0.05) is 11.4 Å². The van der Waals surface area contributed by atoms with Crippen LogP contribution in [0.2, 0.25) is 0 Å². The van der Waals surface area contributed by atoms with E-state index in [1.54, 1.807) is 11.3 Å². The van der Waals surface area contributed by atoms with Crippen LogP contribution in [0.25, 0.3) is 0 Å². The number of H-pyrrole nitrogens is 1. The van der Waals surface area contributed by atoms with E-state index in [2.05, 4.69) is 21.5 Å². The Morgan fingerprint density at radius 2 is 2.53 bits per heavy atom. The van der Waals surface area contributed by atoms with E-state index in [-0.39, 0.29) is 11.9 Å². The number of aromatic nitrogens is 3. The maximum atomic E-state index is 12.2. The first-order valence-corrected chi connectivity index (χ1v) is 6.44. The van der Waals surface area contributed by atoms with E-state index in [0.717, 1.165) is 19.4 Å². The number of carbonyl (C=O) groups excluding carboxylic acids is 1. The van der Waals surface area contributed by atoms with E-state index in [1.807, 2.05) is 16.3 Å². The zero-order valence-corrected chi connectivity index (χ0v) is 9.98. The fourth-order valence-corrected chi connectivity index (χ4v) is 3.11. The van der Waals surface area contributed by atoms with Gasteiger partial charge >= 0.3 is 0 Å². The van der Waals surface area contributed by atoms with Crippen molar-refractivity contribution < 1.29 is 4.79 Å². The topological polar surface area (TPSA) is 61.9 Å². The Bertz CT molecular complexity index is 494. The fraction of sp³-hybridized carbons (Fsp3) is 0.364. The number of carbonyl (C=O) groups is 1. The van der Waals surface area contributed by atoms with Crippen LogP contribution in [-0.4, -0.2) is 32.8 Å². The van der Waals surface area contributed by atoms with Crippen molar-refractivity contribution in [1.29, 1.82) is 0 Å². The van der Waals surface area contributed by atoms with Crippen molar-refractivity contribution in [1.82, 2.24) is 20.3 Å². The predicted octanol–water partition coefficient (Wildman–Crippen LogP) is 1.84. The molecule has 1 aliphatic heterocycles. The summed E-state index contributed by atoms with van der Waals surface area (Å²) >= 11 is 1.70. The number of likely N-dealkylation sites (tertiary alicyclic amines) is 1. The first kappa shape index (κ1) is 10.5. The second-order valence-corrected chi connectivity index (χ2v) is 5.01. The highest BCUT2D eigenvalue weighted by Crippen LogP contribution is 2.35. The molecule has 2 aromatic heterocycles. The first-order valence-electron chi connectivity index (χ1n) is 5.56. The summed E-state index contributed by atoms with van der Waals surface area (Å²) in [5.74, 6) is -0.0327. The minimum Gasteiger partial charge on any atom is -0.329 e. The number of aromatic amines is 1. The minimum atomic E-state index is -0.0327. The molecule has 0 saturated carbocycles. The minimum absolute atomic E-state index is 0.0327. The number of nitrogens with zero attached hydrogens (tertiary/aromatic N) is 3. The zero-order chi connectivity index (χ0) is 11.7. The predicted molar refractivity (Wildman–Crippen MR) is 63.7 cm³/mol. The van der Waals surface area contributed by atoms with Crippen LogP contribution in [0.4, 0.5) is 0 Å². The van der Waals surface area contributed by atoms with E-state index in [0.29, 0.717) is 5.69 Å². The fourth-order valence-electron chi connectivity index (χ4n) is 2.24. The summed E-state index contributed by atoms with van der Waals surface area (Å²) < 4.78 is 0. The summed E-state index contributed by atoms with van der Waals surface area (Å²) in [5.41, 5.74) is 0.397. The highest BCUT2D eigenvalue weighted by molar-refractivity contribution is 7.10. The number of amides is 1. The highest BCUT2D eigenvalue weighted by Gasteiger charge is 2.32. The average molecular weight is 248 g/mol. The van der Waals surface area contributed by atoms with Crippen molar-refractivity contribution in [3.05, 3.63) is 34.3 Å². The number of hydrogen-bond donors (Lipinski definition) is 1. The lowest BCUT2D eigenvalue weighted by Gasteiger charge is -2.22. The van der Waals surface area contributed by atoms with Crippen LogP contribution in [0.3, 0.4) is 0 Å². The monoisotopic (exact) mass is 248 g/mol. The van der Waals surface area contributed by atoms with Gasteiger partial charge in [-0.25, -0.2) is 0 Å². The van der Waals surface area contributed by atoms with E-state index in [1.165, 1.54) is 11.1 Å². The summed E-state index contributed by atoms with van der Waals surface area (Å²) in [7, 11) is 0. The molecule has 3 heterocycles. The van der Waals surface area contributed by atoms with Gasteiger partial charge in [0.15, 0.2) is 5.69 Å². The van der Waals surface area contributed by atoms with Gasteiger partial charge in [-0.15, -0.1) is 11.3 Å². The molecule has 0 aliphatic carbocycles. The standard InChI is InChI=1S/C11H12N4OS/c16-11(8-7-12-14-13-8)15-5-1-3-9(15)10-4-2-6-17-10/h2,4,6-7,9H,1,3,5H2,(H,12,13,14). The van der Waals surface area contributed by atoms with Gasteiger partial charge in [0.25, 0.3) is 5.91 Å². The quantitative estimate of drug-likeness (QED) is 0.882. The van der Waals surface area contributed by atoms with Gasteiger partial charge in [-0.3, -0.25) is 4.79 Å². The van der Waals surface area contributed by atoms with Gasteiger partial charge in [0.1, 0.15) is 0 Å². The molecule has 17 heavy (non-hydrogen) atoms. The van der Waals surface area contributed by atoms with Gasteiger partial charge in [0.05, 0.1) is 12.2 Å². The maximum Gasteiger partial charge on any atom is 0.276 e. The van der Waals surface area contributed by atoms with Gasteiger partial charge in [-0.2, -0.15) is 15.4 Å². The number of thiophene rings is 1. The third kappa shape index (κ3) is 1.84. The van der Waals surface area contributed by atoms with Crippen molar-refractivity contribution in [2.75, 3.05) is 6.54 Å². The van der Waals surface area contributed by atoms with Crippen LogP contribution in [0.5, 0.6) is 0 Å². The van der Waals surface area contributed by atoms with Crippen molar-refractivity contribution in [2.24, 2.45) is 0 Å². The molecular weight excluding hydrogens is 236 g/mol. The molecule has 1 N–H and O–H groups in total. The van der Waals surface area contributed by atoms with Crippen molar-refractivity contribution in [3.8, 4) is 0 Å². The second kappa shape index (κ2) is 4.29. The zero-order valence-electron chi connectivity index (χ0n) is 9.17. The lowest BCUT2D eigenvalue weighted by atomic mass is 10.2.